The zero-order chi connectivity index (χ0) is 19.1. The first kappa shape index (κ1) is 17.5. The first-order chi connectivity index (χ1) is 13.0. The monoisotopic (exact) mass is 386 g/mol. The van der Waals surface area contributed by atoms with Crippen LogP contribution < -0.4 is 10.3 Å². The molecule has 0 bridgehead atoms. The van der Waals surface area contributed by atoms with E-state index in [4.69, 9.17) is 11.6 Å². The number of hydrogen-bond donors (Lipinski definition) is 1. The Morgan fingerprint density at radius 2 is 1.85 bits per heavy atom. The first-order valence-corrected chi connectivity index (χ1v) is 8.70. The molecule has 1 fully saturated rings. The Balaban J connectivity index is 1.57. The second kappa shape index (κ2) is 6.68. The average molecular weight is 387 g/mol. The Kier molecular flexibility index (Phi) is 4.33. The highest BCUT2D eigenvalue weighted by Gasteiger charge is 2.44. The second-order valence-corrected chi connectivity index (χ2v) is 6.73. The Hall–Kier alpha value is -2.90. The van der Waals surface area contributed by atoms with Crippen molar-refractivity contribution in [1.82, 2.24) is 15.3 Å². The number of rotatable bonds is 3. The number of halogens is 2. The maximum absolute atomic E-state index is 13.1. The highest BCUT2D eigenvalue weighted by molar-refractivity contribution is 6.31. The van der Waals surface area contributed by atoms with Crippen molar-refractivity contribution in [2.24, 2.45) is 0 Å². The fourth-order valence-corrected chi connectivity index (χ4v) is 3.29. The second-order valence-electron chi connectivity index (χ2n) is 6.32. The van der Waals surface area contributed by atoms with Gasteiger partial charge in [-0.15, -0.1) is 0 Å². The number of anilines is 1. The molecular weight excluding hydrogens is 371 g/mol. The highest BCUT2D eigenvalue weighted by atomic mass is 35.5. The molecule has 6 nitrogen and oxygen atoms in total. The number of nitrogens with one attached hydrogen (secondary N) is 1. The minimum atomic E-state index is -0.846. The van der Waals surface area contributed by atoms with Crippen molar-refractivity contribution in [2.75, 3.05) is 4.90 Å². The van der Waals surface area contributed by atoms with Crippen molar-refractivity contribution in [2.45, 2.75) is 19.6 Å². The van der Waals surface area contributed by atoms with Gasteiger partial charge in [-0.2, -0.15) is 5.43 Å². The highest BCUT2D eigenvalue weighted by Crippen LogP contribution is 2.30. The molecule has 27 heavy (non-hydrogen) atoms. The number of carbonyl (C=O) groups is 2. The molecule has 8 heteroatoms. The van der Waals surface area contributed by atoms with Gasteiger partial charge in [0.25, 0.3) is 5.91 Å². The summed E-state index contributed by atoms with van der Waals surface area (Å²) >= 11 is 6.16. The molecule has 0 spiro atoms. The molecular formula is C19H16ClFN4O2. The molecule has 4 rings (SSSR count). The Bertz CT molecular complexity index is 947. The summed E-state index contributed by atoms with van der Waals surface area (Å²) < 4.78 is 13.1. The summed E-state index contributed by atoms with van der Waals surface area (Å²) in [5.41, 5.74) is 5.11. The molecule has 138 valence electrons. The van der Waals surface area contributed by atoms with E-state index >= 15 is 0 Å². The molecule has 3 amide bonds. The minimum Gasteiger partial charge on any atom is -0.283 e. The molecule has 2 aliphatic rings. The maximum Gasteiger partial charge on any atom is 0.340 e. The summed E-state index contributed by atoms with van der Waals surface area (Å²) in [5, 5.41) is 1.90. The fourth-order valence-electron chi connectivity index (χ4n) is 3.12. The molecule has 0 saturated carbocycles. The van der Waals surface area contributed by atoms with Crippen LogP contribution in [0, 0.1) is 12.7 Å². The SMILES string of the molecule is Cc1c(Cl)cccc1N1C=CN2C(=O)N(Cc3ccc(F)cc3)NC2C1=O. The van der Waals surface area contributed by atoms with E-state index in [2.05, 4.69) is 5.43 Å². The lowest BCUT2D eigenvalue weighted by molar-refractivity contribution is -0.122. The Morgan fingerprint density at radius 1 is 1.11 bits per heavy atom. The van der Waals surface area contributed by atoms with Crippen LogP contribution in [0.25, 0.3) is 0 Å². The third kappa shape index (κ3) is 3.05. The first-order valence-electron chi connectivity index (χ1n) is 8.32. The lowest BCUT2D eigenvalue weighted by Gasteiger charge is -2.30. The van der Waals surface area contributed by atoms with Crippen LogP contribution in [0.2, 0.25) is 5.02 Å². The van der Waals surface area contributed by atoms with Gasteiger partial charge in [-0.05, 0) is 42.3 Å². The van der Waals surface area contributed by atoms with Crippen LogP contribution in [-0.2, 0) is 11.3 Å². The molecule has 1 unspecified atom stereocenters. The zero-order valence-electron chi connectivity index (χ0n) is 14.4. The molecule has 1 N–H and O–H groups in total. The van der Waals surface area contributed by atoms with Gasteiger partial charge in [0.05, 0.1) is 12.2 Å². The third-order valence-electron chi connectivity index (χ3n) is 4.61. The van der Waals surface area contributed by atoms with Gasteiger partial charge in [-0.1, -0.05) is 29.8 Å². The van der Waals surface area contributed by atoms with E-state index < -0.39 is 6.17 Å². The van der Waals surface area contributed by atoms with Crippen molar-refractivity contribution >= 4 is 29.2 Å². The average Bonchev–Trinajstić information content (AvgIpc) is 2.97. The Morgan fingerprint density at radius 3 is 2.59 bits per heavy atom. The summed E-state index contributed by atoms with van der Waals surface area (Å²) in [6.45, 7) is 2.04. The van der Waals surface area contributed by atoms with Gasteiger partial charge < -0.3 is 0 Å². The van der Waals surface area contributed by atoms with Crippen molar-refractivity contribution in [3.8, 4) is 0 Å². The summed E-state index contributed by atoms with van der Waals surface area (Å²) in [6, 6.07) is 10.8. The molecule has 1 atom stereocenters. The zero-order valence-corrected chi connectivity index (χ0v) is 15.2. The van der Waals surface area contributed by atoms with Gasteiger partial charge >= 0.3 is 6.03 Å². The van der Waals surface area contributed by atoms with E-state index in [1.807, 2.05) is 6.92 Å². The van der Waals surface area contributed by atoms with E-state index in [-0.39, 0.29) is 24.3 Å². The summed E-state index contributed by atoms with van der Waals surface area (Å²) in [6.07, 6.45) is 2.27. The number of carbonyl (C=O) groups excluding carboxylic acids is 2. The van der Waals surface area contributed by atoms with E-state index in [9.17, 15) is 14.0 Å². The van der Waals surface area contributed by atoms with E-state index in [0.29, 0.717) is 10.7 Å². The van der Waals surface area contributed by atoms with Crippen molar-refractivity contribution in [3.05, 3.63) is 76.8 Å². The van der Waals surface area contributed by atoms with Crippen LogP contribution in [0.3, 0.4) is 0 Å². The molecule has 2 aromatic carbocycles. The van der Waals surface area contributed by atoms with Crippen LogP contribution in [0.1, 0.15) is 11.1 Å². The van der Waals surface area contributed by atoms with Crippen LogP contribution in [0.5, 0.6) is 0 Å². The van der Waals surface area contributed by atoms with Gasteiger partial charge in [0, 0.05) is 17.4 Å². The molecule has 0 aromatic heterocycles. The van der Waals surface area contributed by atoms with Crippen molar-refractivity contribution in [1.29, 1.82) is 0 Å². The largest absolute Gasteiger partial charge is 0.340 e. The molecule has 2 heterocycles. The van der Waals surface area contributed by atoms with Gasteiger partial charge in [0.15, 0.2) is 6.17 Å². The molecule has 1 saturated heterocycles. The molecule has 0 aliphatic carbocycles. The van der Waals surface area contributed by atoms with Gasteiger partial charge in [-0.25, -0.2) is 9.18 Å². The normalized spacial score (nSPS) is 19.1. The molecule has 2 aromatic rings. The lowest BCUT2D eigenvalue weighted by Crippen LogP contribution is -2.51. The van der Waals surface area contributed by atoms with Gasteiger partial charge in [0.1, 0.15) is 5.82 Å². The smallest absolute Gasteiger partial charge is 0.283 e. The predicted octanol–water partition coefficient (Wildman–Crippen LogP) is 3.37. The summed E-state index contributed by atoms with van der Waals surface area (Å²) in [4.78, 5) is 28.4. The number of benzene rings is 2. The summed E-state index contributed by atoms with van der Waals surface area (Å²) in [7, 11) is 0. The summed E-state index contributed by atoms with van der Waals surface area (Å²) in [5.74, 6) is -0.639. The van der Waals surface area contributed by atoms with Crippen LogP contribution in [0.4, 0.5) is 14.9 Å². The number of hydrogen-bond acceptors (Lipinski definition) is 3. The van der Waals surface area contributed by atoms with Crippen LogP contribution in [0.15, 0.2) is 54.9 Å². The van der Waals surface area contributed by atoms with E-state index in [1.165, 1.54) is 26.9 Å². The molecule has 2 aliphatic heterocycles. The van der Waals surface area contributed by atoms with Gasteiger partial charge in [-0.3, -0.25) is 19.6 Å². The van der Waals surface area contributed by atoms with Gasteiger partial charge in [0.2, 0.25) is 0 Å². The van der Waals surface area contributed by atoms with Crippen LogP contribution >= 0.6 is 11.6 Å². The number of urea groups is 1. The van der Waals surface area contributed by atoms with E-state index in [1.54, 1.807) is 42.7 Å². The minimum absolute atomic E-state index is 0.212. The van der Waals surface area contributed by atoms with Crippen molar-refractivity contribution in [3.63, 3.8) is 0 Å². The Labute approximate surface area is 160 Å². The van der Waals surface area contributed by atoms with Crippen molar-refractivity contribution < 1.29 is 14.0 Å². The number of nitrogens with zero attached hydrogens (tertiary/aromatic N) is 3. The quantitative estimate of drug-likeness (QED) is 0.879. The number of amides is 3. The predicted molar refractivity (Wildman–Crippen MR) is 98.9 cm³/mol. The van der Waals surface area contributed by atoms with E-state index in [0.717, 1.165) is 11.1 Å². The third-order valence-corrected chi connectivity index (χ3v) is 5.02. The molecule has 0 radical (unpaired) electrons. The lowest BCUT2D eigenvalue weighted by atomic mass is 10.1. The topological polar surface area (TPSA) is 55.9 Å². The fraction of sp³-hybridized carbons (Fsp3) is 0.158. The number of fused-ring (bicyclic) bond motifs is 1. The maximum atomic E-state index is 13.1. The number of hydrazine groups is 1. The van der Waals surface area contributed by atoms with Crippen LogP contribution in [-0.4, -0.2) is 28.0 Å². The standard InChI is InChI=1S/C19H16ClFN4O2/c1-12-15(20)3-2-4-16(12)23-9-10-24-17(18(23)26)22-25(19(24)27)11-13-5-7-14(21)8-6-13/h2-10,17,22H,11H2,1H3.